The number of rotatable bonds is 6. The van der Waals surface area contributed by atoms with E-state index in [1.807, 2.05) is 48.7 Å². The summed E-state index contributed by atoms with van der Waals surface area (Å²) in [5.41, 5.74) is 1.03. The molecule has 0 saturated carbocycles. The van der Waals surface area contributed by atoms with Crippen molar-refractivity contribution in [1.29, 1.82) is 0 Å². The van der Waals surface area contributed by atoms with Crippen molar-refractivity contribution in [3.63, 3.8) is 0 Å². The van der Waals surface area contributed by atoms with Crippen LogP contribution in [-0.4, -0.2) is 22.7 Å². The van der Waals surface area contributed by atoms with Gasteiger partial charge in [0.15, 0.2) is 0 Å². The second-order valence-corrected chi connectivity index (χ2v) is 6.57. The van der Waals surface area contributed by atoms with E-state index in [2.05, 4.69) is 15.5 Å². The Hall–Kier alpha value is -2.25. The Bertz CT molecular complexity index is 783. The molecular weight excluding hydrogens is 330 g/mol. The van der Waals surface area contributed by atoms with Crippen molar-refractivity contribution in [3.05, 3.63) is 51.7 Å². The Morgan fingerprint density at radius 3 is 2.83 bits per heavy atom. The lowest BCUT2D eigenvalue weighted by molar-refractivity contribution is 0.0951. The molecule has 1 amide bonds. The zero-order valence-electron chi connectivity index (χ0n) is 12.5. The second kappa shape index (κ2) is 7.34. The molecule has 0 unspecified atom stereocenters. The summed E-state index contributed by atoms with van der Waals surface area (Å²) in [6.45, 7) is 2.78. The standard InChI is InChI=1S/C16H15N3O2S2/c1-2-21-12-8-9-22-14(12)15(20)17-10-13-18-19-16(23-13)11-6-4-3-5-7-11/h3-9H,2,10H2,1H3,(H,17,20). The van der Waals surface area contributed by atoms with Gasteiger partial charge in [0, 0.05) is 5.56 Å². The fourth-order valence-corrected chi connectivity index (χ4v) is 3.53. The third-order valence-corrected chi connectivity index (χ3v) is 4.89. The van der Waals surface area contributed by atoms with E-state index in [1.54, 1.807) is 0 Å². The Morgan fingerprint density at radius 1 is 1.22 bits per heavy atom. The molecule has 2 aromatic heterocycles. The number of hydrogen-bond acceptors (Lipinski definition) is 6. The van der Waals surface area contributed by atoms with E-state index < -0.39 is 0 Å². The minimum absolute atomic E-state index is 0.153. The van der Waals surface area contributed by atoms with Gasteiger partial charge in [0.05, 0.1) is 13.2 Å². The minimum atomic E-state index is -0.153. The second-order valence-electron chi connectivity index (χ2n) is 4.60. The molecule has 0 atom stereocenters. The summed E-state index contributed by atoms with van der Waals surface area (Å²) in [7, 11) is 0. The van der Waals surface area contributed by atoms with Gasteiger partial charge in [-0.25, -0.2) is 0 Å². The van der Waals surface area contributed by atoms with Crippen LogP contribution in [0.3, 0.4) is 0 Å². The predicted octanol–water partition coefficient (Wildman–Crippen LogP) is 3.60. The first kappa shape index (κ1) is 15.6. The van der Waals surface area contributed by atoms with E-state index >= 15 is 0 Å². The number of aromatic nitrogens is 2. The number of nitrogens with one attached hydrogen (secondary N) is 1. The molecule has 3 rings (SSSR count). The normalized spacial score (nSPS) is 10.5. The van der Waals surface area contributed by atoms with E-state index in [0.29, 0.717) is 23.8 Å². The van der Waals surface area contributed by atoms with Crippen molar-refractivity contribution < 1.29 is 9.53 Å². The van der Waals surface area contributed by atoms with Gasteiger partial charge in [-0.2, -0.15) is 0 Å². The van der Waals surface area contributed by atoms with Crippen molar-refractivity contribution in [2.24, 2.45) is 0 Å². The Labute approximate surface area is 142 Å². The topological polar surface area (TPSA) is 64.1 Å². The number of thiophene rings is 1. The molecule has 0 saturated heterocycles. The SMILES string of the molecule is CCOc1ccsc1C(=O)NCc1nnc(-c2ccccc2)s1. The lowest BCUT2D eigenvalue weighted by Gasteiger charge is -2.04. The number of benzene rings is 1. The quantitative estimate of drug-likeness (QED) is 0.741. The number of carbonyl (C=O) groups is 1. The summed E-state index contributed by atoms with van der Waals surface area (Å²) >= 11 is 2.84. The zero-order valence-corrected chi connectivity index (χ0v) is 14.1. The average molecular weight is 345 g/mol. The summed E-state index contributed by atoms with van der Waals surface area (Å²) in [5, 5.41) is 14.6. The highest BCUT2D eigenvalue weighted by atomic mass is 32.1. The number of carbonyl (C=O) groups excluding carboxylic acids is 1. The van der Waals surface area contributed by atoms with Gasteiger partial charge in [-0.15, -0.1) is 21.5 Å². The number of nitrogens with zero attached hydrogens (tertiary/aromatic N) is 2. The van der Waals surface area contributed by atoms with E-state index in [-0.39, 0.29) is 5.91 Å². The van der Waals surface area contributed by atoms with Crippen molar-refractivity contribution in [3.8, 4) is 16.3 Å². The summed E-state index contributed by atoms with van der Waals surface area (Å²) in [6, 6.07) is 11.7. The maximum Gasteiger partial charge on any atom is 0.265 e. The van der Waals surface area contributed by atoms with Gasteiger partial charge >= 0.3 is 0 Å². The fraction of sp³-hybridized carbons (Fsp3) is 0.188. The van der Waals surface area contributed by atoms with Gasteiger partial charge in [0.25, 0.3) is 5.91 Å². The largest absolute Gasteiger partial charge is 0.492 e. The summed E-state index contributed by atoms with van der Waals surface area (Å²) < 4.78 is 5.44. The first-order chi connectivity index (χ1) is 11.3. The third kappa shape index (κ3) is 3.75. The lowest BCUT2D eigenvalue weighted by Crippen LogP contribution is -2.22. The molecular formula is C16H15N3O2S2. The molecule has 2 heterocycles. The van der Waals surface area contributed by atoms with Crippen molar-refractivity contribution in [1.82, 2.24) is 15.5 Å². The van der Waals surface area contributed by atoms with Gasteiger partial charge in [-0.05, 0) is 18.4 Å². The van der Waals surface area contributed by atoms with Crippen molar-refractivity contribution in [2.75, 3.05) is 6.61 Å². The van der Waals surface area contributed by atoms with Crippen molar-refractivity contribution >= 4 is 28.6 Å². The van der Waals surface area contributed by atoms with E-state index in [4.69, 9.17) is 4.74 Å². The van der Waals surface area contributed by atoms with Gasteiger partial charge in [-0.3, -0.25) is 4.79 Å². The van der Waals surface area contributed by atoms with E-state index in [0.717, 1.165) is 15.6 Å². The molecule has 0 fully saturated rings. The molecule has 1 aromatic carbocycles. The Morgan fingerprint density at radius 2 is 2.04 bits per heavy atom. The maximum absolute atomic E-state index is 12.2. The van der Waals surface area contributed by atoms with Crippen LogP contribution in [0.2, 0.25) is 0 Å². The van der Waals surface area contributed by atoms with E-state index in [1.165, 1.54) is 22.7 Å². The molecule has 0 bridgehead atoms. The first-order valence-electron chi connectivity index (χ1n) is 7.14. The highest BCUT2D eigenvalue weighted by molar-refractivity contribution is 7.14. The minimum Gasteiger partial charge on any atom is -0.492 e. The van der Waals surface area contributed by atoms with Gasteiger partial charge in [-0.1, -0.05) is 41.7 Å². The third-order valence-electron chi connectivity index (χ3n) is 3.02. The smallest absolute Gasteiger partial charge is 0.265 e. The summed E-state index contributed by atoms with van der Waals surface area (Å²) in [4.78, 5) is 12.8. The monoisotopic (exact) mass is 345 g/mol. The van der Waals surface area contributed by atoms with Crippen LogP contribution in [0, 0.1) is 0 Å². The maximum atomic E-state index is 12.2. The van der Waals surface area contributed by atoms with Crippen molar-refractivity contribution in [2.45, 2.75) is 13.5 Å². The van der Waals surface area contributed by atoms with Crippen LogP contribution in [-0.2, 0) is 6.54 Å². The molecule has 7 heteroatoms. The molecule has 0 aliphatic carbocycles. The number of amides is 1. The molecule has 0 spiro atoms. The van der Waals surface area contributed by atoms with Crippen LogP contribution >= 0.6 is 22.7 Å². The Balaban J connectivity index is 1.63. The van der Waals surface area contributed by atoms with Gasteiger partial charge in [0.1, 0.15) is 20.6 Å². The molecule has 5 nitrogen and oxygen atoms in total. The molecule has 0 radical (unpaired) electrons. The molecule has 3 aromatic rings. The average Bonchev–Trinajstić information content (AvgIpc) is 3.23. The molecule has 118 valence electrons. The predicted molar refractivity (Wildman–Crippen MR) is 92.0 cm³/mol. The summed E-state index contributed by atoms with van der Waals surface area (Å²) in [5.74, 6) is 0.470. The van der Waals surface area contributed by atoms with Crippen LogP contribution < -0.4 is 10.1 Å². The van der Waals surface area contributed by atoms with E-state index in [9.17, 15) is 4.79 Å². The van der Waals surface area contributed by atoms with Crippen LogP contribution in [0.15, 0.2) is 41.8 Å². The molecule has 0 aliphatic heterocycles. The fourth-order valence-electron chi connectivity index (χ4n) is 1.99. The van der Waals surface area contributed by atoms with Gasteiger partial charge in [0.2, 0.25) is 0 Å². The number of ether oxygens (including phenoxy) is 1. The Kier molecular flexibility index (Phi) is 4.99. The first-order valence-corrected chi connectivity index (χ1v) is 8.84. The summed E-state index contributed by atoms with van der Waals surface area (Å²) in [6.07, 6.45) is 0. The van der Waals surface area contributed by atoms with Crippen LogP contribution in [0.1, 0.15) is 21.6 Å². The highest BCUT2D eigenvalue weighted by Gasteiger charge is 2.15. The molecule has 1 N–H and O–H groups in total. The lowest BCUT2D eigenvalue weighted by atomic mass is 10.2. The highest BCUT2D eigenvalue weighted by Crippen LogP contribution is 2.25. The zero-order chi connectivity index (χ0) is 16.1. The molecule has 23 heavy (non-hydrogen) atoms. The molecule has 0 aliphatic rings. The number of hydrogen-bond donors (Lipinski definition) is 1. The van der Waals surface area contributed by atoms with Crippen LogP contribution in [0.4, 0.5) is 0 Å². The van der Waals surface area contributed by atoms with Gasteiger partial charge < -0.3 is 10.1 Å². The van der Waals surface area contributed by atoms with Crippen LogP contribution in [0.5, 0.6) is 5.75 Å². The van der Waals surface area contributed by atoms with Crippen LogP contribution in [0.25, 0.3) is 10.6 Å².